The molecular formula is C46H49F2N11O6S. The molecule has 6 fully saturated rings. The molecule has 2 atom stereocenters. The minimum Gasteiger partial charge on any atom is -0.453 e. The third kappa shape index (κ3) is 7.14. The van der Waals surface area contributed by atoms with E-state index in [4.69, 9.17) is 24.6 Å². The lowest BCUT2D eigenvalue weighted by Gasteiger charge is -2.63. The van der Waals surface area contributed by atoms with Crippen LogP contribution in [0.2, 0.25) is 0 Å². The normalized spacial score (nSPS) is 24.4. The Morgan fingerprint density at radius 2 is 1.73 bits per heavy atom. The average Bonchev–Trinajstić information content (AvgIpc) is 3.83. The minimum absolute atomic E-state index is 0.0894. The fourth-order valence-electron chi connectivity index (χ4n) is 11.9. The number of nitrogens with two attached hydrogens (primary N) is 1. The molecule has 4 aliphatic heterocycles. The zero-order valence-electron chi connectivity index (χ0n) is 36.5. The maximum atomic E-state index is 15.7. The van der Waals surface area contributed by atoms with Crippen LogP contribution in [0.3, 0.4) is 0 Å². The number of hydrogen-bond donors (Lipinski definition) is 2. The van der Waals surface area contributed by atoms with Crippen molar-refractivity contribution in [1.82, 2.24) is 34.3 Å². The number of rotatable bonds is 9. The average molecular weight is 922 g/mol. The van der Waals surface area contributed by atoms with Gasteiger partial charge in [0, 0.05) is 81.8 Å². The molecule has 11 rings (SSSR count). The quantitative estimate of drug-likeness (QED) is 0.188. The number of amides is 3. The van der Waals surface area contributed by atoms with Gasteiger partial charge in [0.15, 0.2) is 17.4 Å². The van der Waals surface area contributed by atoms with E-state index in [0.717, 1.165) is 86.3 Å². The van der Waals surface area contributed by atoms with Crippen LogP contribution in [0, 0.1) is 33.8 Å². The van der Waals surface area contributed by atoms with Gasteiger partial charge in [0.1, 0.15) is 23.2 Å². The first-order chi connectivity index (χ1) is 31.6. The number of fused-ring (bicyclic) bond motifs is 2. The lowest BCUT2D eigenvalue weighted by atomic mass is 9.55. The molecule has 2 aliphatic carbocycles. The summed E-state index contributed by atoms with van der Waals surface area (Å²) in [5.41, 5.74) is 3.94. The summed E-state index contributed by atoms with van der Waals surface area (Å²) in [5.74, 6) is -0.930. The summed E-state index contributed by atoms with van der Waals surface area (Å²) in [6, 6.07) is 11.9. The molecule has 2 unspecified atom stereocenters. The lowest BCUT2D eigenvalue weighted by Crippen LogP contribution is -2.67. The lowest BCUT2D eigenvalue weighted by molar-refractivity contribution is -0.120. The smallest absolute Gasteiger partial charge is 0.329 e. The summed E-state index contributed by atoms with van der Waals surface area (Å²) < 4.78 is 70.3. The van der Waals surface area contributed by atoms with Crippen molar-refractivity contribution >= 4 is 55.6 Å². The van der Waals surface area contributed by atoms with Crippen LogP contribution in [0.4, 0.5) is 25.1 Å². The number of likely N-dealkylation sites (tertiary alicyclic amines) is 1. The number of benzene rings is 3. The van der Waals surface area contributed by atoms with Crippen molar-refractivity contribution in [3.8, 4) is 17.6 Å². The molecule has 0 radical (unpaired) electrons. The van der Waals surface area contributed by atoms with E-state index in [2.05, 4.69) is 20.2 Å². The number of anilines is 2. The monoisotopic (exact) mass is 921 g/mol. The third-order valence-electron chi connectivity index (χ3n) is 15.3. The van der Waals surface area contributed by atoms with Crippen LogP contribution in [0.5, 0.6) is 11.5 Å². The van der Waals surface area contributed by atoms with Crippen molar-refractivity contribution in [1.29, 1.82) is 5.26 Å². The van der Waals surface area contributed by atoms with E-state index in [0.29, 0.717) is 40.4 Å². The zero-order chi connectivity index (χ0) is 45.9. The van der Waals surface area contributed by atoms with Gasteiger partial charge in [0.25, 0.3) is 10.2 Å². The van der Waals surface area contributed by atoms with Gasteiger partial charge in [-0.1, -0.05) is 6.07 Å². The summed E-state index contributed by atoms with van der Waals surface area (Å²) in [7, 11) is -0.926. The van der Waals surface area contributed by atoms with Crippen molar-refractivity contribution in [3.05, 3.63) is 77.1 Å². The molecule has 6 aliphatic rings. The van der Waals surface area contributed by atoms with Gasteiger partial charge in [0.2, 0.25) is 5.91 Å². The molecule has 3 N–H and O–H groups in total. The molecule has 3 amide bonds. The molecule has 2 aromatic heterocycles. The second-order valence-corrected chi connectivity index (χ2v) is 20.7. The van der Waals surface area contributed by atoms with E-state index in [1.165, 1.54) is 24.1 Å². The predicted molar refractivity (Wildman–Crippen MR) is 238 cm³/mol. The van der Waals surface area contributed by atoms with Gasteiger partial charge < -0.3 is 19.3 Å². The Morgan fingerprint density at radius 3 is 2.44 bits per heavy atom. The summed E-state index contributed by atoms with van der Waals surface area (Å²) >= 11 is 0. The van der Waals surface area contributed by atoms with E-state index in [1.54, 1.807) is 29.9 Å². The number of hydrogen-bond acceptors (Lipinski definition) is 12. The van der Waals surface area contributed by atoms with E-state index >= 15 is 8.78 Å². The Kier molecular flexibility index (Phi) is 10.1. The van der Waals surface area contributed by atoms with Gasteiger partial charge in [-0.3, -0.25) is 24.7 Å². The molecule has 2 saturated carbocycles. The number of imide groups is 1. The first-order valence-corrected chi connectivity index (χ1v) is 23.9. The maximum Gasteiger partial charge on any atom is 0.329 e. The van der Waals surface area contributed by atoms with E-state index in [9.17, 15) is 23.3 Å². The Bertz CT molecular complexity index is 2990. The number of urea groups is 1. The molecule has 66 heavy (non-hydrogen) atoms. The standard InChI is InChI=1S/C46H49F2N11O6S/c1-55-37-17-38(33(48)16-30(37)43(54-55)58-11-8-40(60)53-44(58)61)57-24-46(25-57)20-27(21-46)56-13-9-45(10-14-56)18-26(19-45)36-23-51-34-6-3-28(15-35(34)52-36)65-42-31(22-49)29(4-5-32(42)47)41-39(64-2)7-12-59(41)66(50,62)63/h3-6,15-17,23,26-27,39,41H,7-14,18-21,24-25H2,1-2H3,(H2,50,62,63)(H,53,60,61). The number of methoxy groups -OCH3 is 1. The van der Waals surface area contributed by atoms with Crippen molar-refractivity contribution in [3.63, 3.8) is 0 Å². The number of aryl methyl sites for hydroxylation is 1. The highest BCUT2D eigenvalue weighted by molar-refractivity contribution is 7.86. The van der Waals surface area contributed by atoms with Gasteiger partial charge in [-0.25, -0.2) is 23.7 Å². The van der Waals surface area contributed by atoms with Gasteiger partial charge in [-0.15, -0.1) is 0 Å². The molecule has 0 bridgehead atoms. The Hall–Kier alpha value is -5.85. The van der Waals surface area contributed by atoms with Crippen LogP contribution in [0.25, 0.3) is 21.9 Å². The van der Waals surface area contributed by atoms with Crippen LogP contribution >= 0.6 is 0 Å². The van der Waals surface area contributed by atoms with E-state index in [1.807, 2.05) is 18.3 Å². The van der Waals surface area contributed by atoms with Crippen molar-refractivity contribution in [2.75, 3.05) is 56.2 Å². The molecule has 5 aromatic rings. The number of ether oxygens (including phenoxy) is 2. The van der Waals surface area contributed by atoms with Crippen molar-refractivity contribution in [2.24, 2.45) is 23.0 Å². The number of carbonyl (C=O) groups excluding carboxylic acids is 2. The van der Waals surface area contributed by atoms with E-state index < -0.39 is 34.2 Å². The summed E-state index contributed by atoms with van der Waals surface area (Å²) in [4.78, 5) is 40.0. The third-order valence-corrected chi connectivity index (χ3v) is 16.4. The molecule has 6 heterocycles. The maximum absolute atomic E-state index is 15.7. The number of carbonyl (C=O) groups is 2. The SMILES string of the molecule is COC1CCN(S(N)(=O)=O)C1c1ccc(F)c(Oc2ccc3ncc(C4CC5(CCN(C6CC7(C6)CN(c6cc8c(cc6F)c(N6CCC(=O)NC6=O)nn8C)C7)CC5)C4)nc3c2)c1C#N. The van der Waals surface area contributed by atoms with Crippen LogP contribution < -0.4 is 25.0 Å². The van der Waals surface area contributed by atoms with Crippen molar-refractivity contribution < 1.29 is 36.3 Å². The molecule has 344 valence electrons. The van der Waals surface area contributed by atoms with E-state index in [-0.39, 0.29) is 70.6 Å². The highest BCUT2D eigenvalue weighted by Gasteiger charge is 2.56. The highest BCUT2D eigenvalue weighted by Crippen LogP contribution is 2.58. The molecule has 4 saturated heterocycles. The van der Waals surface area contributed by atoms with Crippen molar-refractivity contribution in [2.45, 2.75) is 75.5 Å². The van der Waals surface area contributed by atoms with Gasteiger partial charge in [-0.05, 0) is 99.3 Å². The van der Waals surface area contributed by atoms with Crippen LogP contribution in [0.15, 0.2) is 48.7 Å². The topological polar surface area (TPSA) is 205 Å². The number of aromatic nitrogens is 4. The predicted octanol–water partition coefficient (Wildman–Crippen LogP) is 5.50. The fourth-order valence-corrected chi connectivity index (χ4v) is 12.8. The largest absolute Gasteiger partial charge is 0.453 e. The second kappa shape index (κ2) is 15.6. The summed E-state index contributed by atoms with van der Waals surface area (Å²) in [5, 5.41) is 23.1. The van der Waals surface area contributed by atoms with Gasteiger partial charge in [-0.2, -0.15) is 23.1 Å². The van der Waals surface area contributed by atoms with Gasteiger partial charge >= 0.3 is 6.03 Å². The van der Waals surface area contributed by atoms with Gasteiger partial charge in [0.05, 0.1) is 40.1 Å². The number of nitrogens with zero attached hydrogens (tertiary/aromatic N) is 9. The molecule has 3 aromatic carbocycles. The number of piperidine rings is 1. The highest BCUT2D eigenvalue weighted by atomic mass is 32.2. The van der Waals surface area contributed by atoms with Crippen LogP contribution in [-0.2, 0) is 26.8 Å². The Balaban J connectivity index is 0.700. The fraction of sp³-hybridized carbons (Fsp3) is 0.478. The Labute approximate surface area is 379 Å². The Morgan fingerprint density at radius 1 is 0.955 bits per heavy atom. The summed E-state index contributed by atoms with van der Waals surface area (Å²) in [6.45, 7) is 3.99. The molecule has 20 heteroatoms. The molecular weight excluding hydrogens is 873 g/mol. The second-order valence-electron chi connectivity index (χ2n) is 19.2. The number of nitriles is 1. The molecule has 2 spiro atoms. The first-order valence-electron chi connectivity index (χ1n) is 22.4. The molecule has 17 nitrogen and oxygen atoms in total. The summed E-state index contributed by atoms with van der Waals surface area (Å²) in [6.07, 6.45) is 8.26. The van der Waals surface area contributed by atoms with Crippen LogP contribution in [-0.4, -0.2) is 108 Å². The number of nitrogens with one attached hydrogen (secondary N) is 1. The number of halogens is 2. The zero-order valence-corrected chi connectivity index (χ0v) is 37.4. The van der Waals surface area contributed by atoms with Crippen LogP contribution in [0.1, 0.15) is 80.1 Å². The first kappa shape index (κ1) is 42.8. The minimum atomic E-state index is -4.15.